The molecule has 0 aliphatic rings. The van der Waals surface area contributed by atoms with Gasteiger partial charge in [0.05, 0.1) is 4.48 Å². The van der Waals surface area contributed by atoms with Crippen LogP contribution in [-0.2, 0) is 0 Å². The highest BCUT2D eigenvalue weighted by Gasteiger charge is 2.81. The Labute approximate surface area is 137 Å². The second-order valence-corrected chi connectivity index (χ2v) is 5.31. The van der Waals surface area contributed by atoms with Gasteiger partial charge in [-0.3, -0.25) is 4.79 Å². The fourth-order valence-electron chi connectivity index (χ4n) is 1.43. The molecule has 134 valence electrons. The normalized spacial score (nSPS) is 14.7. The van der Waals surface area contributed by atoms with Gasteiger partial charge in [0.2, 0.25) is 0 Å². The molecule has 0 aliphatic heterocycles. The van der Waals surface area contributed by atoms with Crippen molar-refractivity contribution in [2.24, 2.45) is 0 Å². The Kier molecular flexibility index (Phi) is 5.48. The lowest BCUT2D eigenvalue weighted by atomic mass is 10.0. The summed E-state index contributed by atoms with van der Waals surface area (Å²) in [5.41, 5.74) is -0.276. The Morgan fingerprint density at radius 3 is 1.71 bits per heavy atom. The number of Topliss-reactive ketones (excluding diaryl/α,β-unsaturated/α-hetero) is 1. The third-order valence-corrected chi connectivity index (χ3v) is 3.32. The SMILES string of the molecule is O=C(/C(Br)=C/C(F)(F)C(F)(F)C(F)(F)C(F)(F)F)c1ccccc1. The van der Waals surface area contributed by atoms with Crippen LogP contribution in [0.4, 0.5) is 39.5 Å². The lowest BCUT2D eigenvalue weighted by Gasteiger charge is -2.32. The summed E-state index contributed by atoms with van der Waals surface area (Å²) in [5, 5.41) is 0. The number of hydrogen-bond donors (Lipinski definition) is 0. The number of carbonyl (C=O) groups excluding carboxylic acids is 1. The maximum absolute atomic E-state index is 13.4. The van der Waals surface area contributed by atoms with Crippen LogP contribution in [0.15, 0.2) is 40.9 Å². The second-order valence-electron chi connectivity index (χ2n) is 4.46. The summed E-state index contributed by atoms with van der Waals surface area (Å²) in [5.74, 6) is -21.1. The zero-order chi connectivity index (χ0) is 19.0. The molecule has 1 rings (SSSR count). The van der Waals surface area contributed by atoms with E-state index in [1.807, 2.05) is 0 Å². The van der Waals surface area contributed by atoms with E-state index in [0.29, 0.717) is 0 Å². The molecule has 0 heterocycles. The molecule has 1 nitrogen and oxygen atoms in total. The van der Waals surface area contributed by atoms with Crippen molar-refractivity contribution < 1.29 is 44.3 Å². The van der Waals surface area contributed by atoms with Gasteiger partial charge in [0.25, 0.3) is 0 Å². The first-order chi connectivity index (χ1) is 10.6. The maximum Gasteiger partial charge on any atom is 0.460 e. The van der Waals surface area contributed by atoms with Crippen LogP contribution in [0.2, 0.25) is 0 Å². The highest BCUT2D eigenvalue weighted by Crippen LogP contribution is 2.53. The van der Waals surface area contributed by atoms with E-state index in [2.05, 4.69) is 15.9 Å². The topological polar surface area (TPSA) is 17.1 Å². The fraction of sp³-hybridized carbons (Fsp3) is 0.308. The van der Waals surface area contributed by atoms with Crippen LogP contribution in [0.5, 0.6) is 0 Å². The Balaban J connectivity index is 3.26. The van der Waals surface area contributed by atoms with Crippen molar-refractivity contribution in [2.45, 2.75) is 23.9 Å². The van der Waals surface area contributed by atoms with Crippen LogP contribution >= 0.6 is 15.9 Å². The van der Waals surface area contributed by atoms with Crippen molar-refractivity contribution in [3.05, 3.63) is 46.5 Å². The summed E-state index contributed by atoms with van der Waals surface area (Å²) in [4.78, 5) is 11.7. The molecule has 11 heteroatoms. The lowest BCUT2D eigenvalue weighted by molar-refractivity contribution is -0.388. The van der Waals surface area contributed by atoms with E-state index < -0.39 is 40.3 Å². The van der Waals surface area contributed by atoms with Gasteiger partial charge in [0.15, 0.2) is 5.78 Å². The average Bonchev–Trinajstić information content (AvgIpc) is 2.45. The molecule has 1 aromatic carbocycles. The Morgan fingerprint density at radius 1 is 0.833 bits per heavy atom. The third kappa shape index (κ3) is 3.60. The lowest BCUT2D eigenvalue weighted by Crippen LogP contribution is -2.60. The van der Waals surface area contributed by atoms with Crippen molar-refractivity contribution in [1.29, 1.82) is 0 Å². The Hall–Kier alpha value is -1.52. The third-order valence-electron chi connectivity index (χ3n) is 2.73. The minimum Gasteiger partial charge on any atom is -0.288 e. The molecule has 0 bridgehead atoms. The highest BCUT2D eigenvalue weighted by molar-refractivity contribution is 9.12. The quantitative estimate of drug-likeness (QED) is 0.338. The number of carbonyl (C=O) groups is 1. The maximum atomic E-state index is 13.4. The molecule has 1 aromatic rings. The molecular weight excluding hydrogens is 423 g/mol. The van der Waals surface area contributed by atoms with Crippen LogP contribution in [0.25, 0.3) is 0 Å². The van der Waals surface area contributed by atoms with Gasteiger partial charge in [-0.2, -0.15) is 39.5 Å². The molecule has 0 atom stereocenters. The van der Waals surface area contributed by atoms with Crippen LogP contribution in [0, 0.1) is 0 Å². The summed E-state index contributed by atoms with van der Waals surface area (Å²) in [6.45, 7) is 0. The van der Waals surface area contributed by atoms with Gasteiger partial charge in [0, 0.05) is 11.6 Å². The van der Waals surface area contributed by atoms with Crippen molar-refractivity contribution >= 4 is 21.7 Å². The molecule has 0 N–H and O–H groups in total. The first-order valence-corrected chi connectivity index (χ1v) is 6.62. The highest BCUT2D eigenvalue weighted by atomic mass is 79.9. The molecule has 0 saturated carbocycles. The van der Waals surface area contributed by atoms with Crippen LogP contribution in [-0.4, -0.2) is 29.7 Å². The number of hydrogen-bond acceptors (Lipinski definition) is 1. The van der Waals surface area contributed by atoms with Gasteiger partial charge < -0.3 is 0 Å². The molecule has 0 fully saturated rings. The van der Waals surface area contributed by atoms with E-state index >= 15 is 0 Å². The van der Waals surface area contributed by atoms with Gasteiger partial charge in [-0.05, 0) is 15.9 Å². The van der Waals surface area contributed by atoms with Crippen LogP contribution in [0.3, 0.4) is 0 Å². The Morgan fingerprint density at radius 2 is 1.29 bits per heavy atom. The zero-order valence-electron chi connectivity index (χ0n) is 11.2. The smallest absolute Gasteiger partial charge is 0.288 e. The number of rotatable bonds is 5. The largest absolute Gasteiger partial charge is 0.460 e. The van der Waals surface area contributed by atoms with Gasteiger partial charge >= 0.3 is 23.9 Å². The zero-order valence-corrected chi connectivity index (χ0v) is 12.7. The molecule has 0 saturated heterocycles. The minimum absolute atomic E-state index is 0.276. The van der Waals surface area contributed by atoms with E-state index in [0.717, 1.165) is 12.1 Å². The Bertz CT molecular complexity index is 635. The van der Waals surface area contributed by atoms with Crippen LogP contribution < -0.4 is 0 Å². The van der Waals surface area contributed by atoms with Crippen molar-refractivity contribution in [2.75, 3.05) is 0 Å². The average molecular weight is 429 g/mol. The first kappa shape index (κ1) is 20.5. The summed E-state index contributed by atoms with van der Waals surface area (Å²) >= 11 is 2.20. The molecular formula is C13H6BrF9O. The van der Waals surface area contributed by atoms with Gasteiger partial charge in [-0.1, -0.05) is 30.3 Å². The summed E-state index contributed by atoms with van der Waals surface area (Å²) in [6, 6.07) is 6.20. The first-order valence-electron chi connectivity index (χ1n) is 5.83. The molecule has 0 aromatic heterocycles. The standard InChI is InChI=1S/C13H6BrF9O/c14-8(9(24)7-4-2-1-3-5-7)6-10(15,16)11(17,18)12(19,20)13(21,22)23/h1-6H/b8-6-. The second kappa shape index (κ2) is 6.41. The number of halogens is 10. The summed E-state index contributed by atoms with van der Waals surface area (Å²) in [7, 11) is 0. The van der Waals surface area contributed by atoms with Crippen molar-refractivity contribution in [1.82, 2.24) is 0 Å². The van der Waals surface area contributed by atoms with E-state index in [-0.39, 0.29) is 5.56 Å². The molecule has 0 unspecified atom stereocenters. The predicted octanol–water partition coefficient (Wildman–Crippen LogP) is 5.62. The van der Waals surface area contributed by atoms with E-state index in [4.69, 9.17) is 0 Å². The van der Waals surface area contributed by atoms with Crippen molar-refractivity contribution in [3.63, 3.8) is 0 Å². The van der Waals surface area contributed by atoms with Gasteiger partial charge in [-0.15, -0.1) is 0 Å². The number of ketones is 1. The number of allylic oxidation sites excluding steroid dienone is 2. The fourth-order valence-corrected chi connectivity index (χ4v) is 1.95. The molecule has 0 amide bonds. The molecule has 24 heavy (non-hydrogen) atoms. The van der Waals surface area contributed by atoms with E-state index in [1.165, 1.54) is 18.2 Å². The molecule has 0 spiro atoms. The van der Waals surface area contributed by atoms with Crippen molar-refractivity contribution in [3.8, 4) is 0 Å². The predicted molar refractivity (Wildman–Crippen MR) is 68.7 cm³/mol. The van der Waals surface area contributed by atoms with Gasteiger partial charge in [-0.25, -0.2) is 0 Å². The monoisotopic (exact) mass is 428 g/mol. The minimum atomic E-state index is -7.01. The molecule has 0 aliphatic carbocycles. The number of alkyl halides is 9. The van der Waals surface area contributed by atoms with Crippen LogP contribution in [0.1, 0.15) is 10.4 Å². The van der Waals surface area contributed by atoms with E-state index in [1.54, 1.807) is 0 Å². The summed E-state index contributed by atoms with van der Waals surface area (Å²) < 4.78 is 113. The summed E-state index contributed by atoms with van der Waals surface area (Å²) in [6.07, 6.45) is -7.88. The number of benzene rings is 1. The molecule has 0 radical (unpaired) electrons. The van der Waals surface area contributed by atoms with Gasteiger partial charge in [0.1, 0.15) is 0 Å². The van der Waals surface area contributed by atoms with E-state index in [9.17, 15) is 44.3 Å².